The zero-order valence-electron chi connectivity index (χ0n) is 8.80. The Labute approximate surface area is 92.6 Å². The third-order valence-corrected chi connectivity index (χ3v) is 2.06. The maximum absolute atomic E-state index is 13.1. The standard InChI is InChI=1S/C11H14F2N2O/c12-8-4-5-9(13)10(7-8)15-11(16)3-1-2-6-14/h4-5,7H,1-3,6,14H2,(H,15,16). The highest BCUT2D eigenvalue weighted by Crippen LogP contribution is 2.15. The van der Waals surface area contributed by atoms with E-state index in [1.807, 2.05) is 0 Å². The lowest BCUT2D eigenvalue weighted by Gasteiger charge is -2.06. The molecule has 0 heterocycles. The van der Waals surface area contributed by atoms with Crippen LogP contribution in [-0.2, 0) is 4.79 Å². The monoisotopic (exact) mass is 228 g/mol. The average Bonchev–Trinajstić information content (AvgIpc) is 2.24. The van der Waals surface area contributed by atoms with Crippen LogP contribution in [0.3, 0.4) is 0 Å². The van der Waals surface area contributed by atoms with Gasteiger partial charge in [0, 0.05) is 12.5 Å². The van der Waals surface area contributed by atoms with Crippen LogP contribution in [0.15, 0.2) is 18.2 Å². The highest BCUT2D eigenvalue weighted by atomic mass is 19.1. The van der Waals surface area contributed by atoms with Gasteiger partial charge in [0.05, 0.1) is 5.69 Å². The van der Waals surface area contributed by atoms with Crippen molar-refractivity contribution in [3.05, 3.63) is 29.8 Å². The maximum atomic E-state index is 13.1. The van der Waals surface area contributed by atoms with Crippen LogP contribution in [0.5, 0.6) is 0 Å². The first kappa shape index (κ1) is 12.6. The van der Waals surface area contributed by atoms with E-state index in [0.717, 1.165) is 24.6 Å². The van der Waals surface area contributed by atoms with E-state index in [4.69, 9.17) is 5.73 Å². The largest absolute Gasteiger partial charge is 0.330 e. The van der Waals surface area contributed by atoms with E-state index < -0.39 is 11.6 Å². The normalized spacial score (nSPS) is 10.2. The second kappa shape index (κ2) is 6.17. The molecule has 0 atom stereocenters. The van der Waals surface area contributed by atoms with Crippen molar-refractivity contribution >= 4 is 11.6 Å². The van der Waals surface area contributed by atoms with Gasteiger partial charge < -0.3 is 11.1 Å². The van der Waals surface area contributed by atoms with Crippen molar-refractivity contribution in [2.45, 2.75) is 19.3 Å². The zero-order valence-corrected chi connectivity index (χ0v) is 8.80. The summed E-state index contributed by atoms with van der Waals surface area (Å²) < 4.78 is 25.9. The number of unbranched alkanes of at least 4 members (excludes halogenated alkanes) is 1. The molecule has 1 amide bonds. The lowest BCUT2D eigenvalue weighted by atomic mass is 10.2. The lowest BCUT2D eigenvalue weighted by Crippen LogP contribution is -2.13. The molecule has 5 heteroatoms. The molecule has 0 aliphatic carbocycles. The summed E-state index contributed by atoms with van der Waals surface area (Å²) in [5.41, 5.74) is 5.14. The summed E-state index contributed by atoms with van der Waals surface area (Å²) in [4.78, 5) is 11.3. The summed E-state index contributed by atoms with van der Waals surface area (Å²) in [7, 11) is 0. The predicted octanol–water partition coefficient (Wildman–Crippen LogP) is 2.03. The van der Waals surface area contributed by atoms with Crippen LogP contribution in [0.1, 0.15) is 19.3 Å². The number of rotatable bonds is 5. The molecular formula is C11H14F2N2O. The molecule has 0 fully saturated rings. The first-order chi connectivity index (χ1) is 7.63. The summed E-state index contributed by atoms with van der Waals surface area (Å²) in [5.74, 6) is -1.56. The fraction of sp³-hybridized carbons (Fsp3) is 0.364. The minimum Gasteiger partial charge on any atom is -0.330 e. The van der Waals surface area contributed by atoms with Crippen LogP contribution in [-0.4, -0.2) is 12.5 Å². The van der Waals surface area contributed by atoms with Crippen molar-refractivity contribution in [2.75, 3.05) is 11.9 Å². The molecule has 1 aromatic carbocycles. The van der Waals surface area contributed by atoms with Gasteiger partial charge in [-0.15, -0.1) is 0 Å². The molecule has 0 spiro atoms. The molecule has 1 rings (SSSR count). The highest BCUT2D eigenvalue weighted by molar-refractivity contribution is 5.90. The van der Waals surface area contributed by atoms with E-state index in [1.165, 1.54) is 0 Å². The van der Waals surface area contributed by atoms with Crippen molar-refractivity contribution in [1.29, 1.82) is 0 Å². The van der Waals surface area contributed by atoms with Gasteiger partial charge in [0.25, 0.3) is 0 Å². The number of carbonyl (C=O) groups is 1. The van der Waals surface area contributed by atoms with Gasteiger partial charge in [0.2, 0.25) is 5.91 Å². The number of amides is 1. The molecule has 16 heavy (non-hydrogen) atoms. The minimum absolute atomic E-state index is 0.127. The van der Waals surface area contributed by atoms with Gasteiger partial charge in [-0.1, -0.05) is 0 Å². The van der Waals surface area contributed by atoms with Crippen LogP contribution in [0, 0.1) is 11.6 Å². The third kappa shape index (κ3) is 3.94. The van der Waals surface area contributed by atoms with Crippen molar-refractivity contribution in [3.8, 4) is 0 Å². The Morgan fingerprint density at radius 1 is 1.31 bits per heavy atom. The number of nitrogens with two attached hydrogens (primary N) is 1. The van der Waals surface area contributed by atoms with E-state index in [1.54, 1.807) is 0 Å². The van der Waals surface area contributed by atoms with Crippen LogP contribution in [0.4, 0.5) is 14.5 Å². The fourth-order valence-electron chi connectivity index (χ4n) is 1.24. The molecule has 0 aliphatic rings. The SMILES string of the molecule is NCCCCC(=O)Nc1cc(F)ccc1F. The molecule has 0 unspecified atom stereocenters. The van der Waals surface area contributed by atoms with Crippen molar-refractivity contribution < 1.29 is 13.6 Å². The quantitative estimate of drug-likeness (QED) is 0.757. The first-order valence-electron chi connectivity index (χ1n) is 5.08. The Balaban J connectivity index is 2.52. The number of hydrogen-bond donors (Lipinski definition) is 2. The van der Waals surface area contributed by atoms with E-state index >= 15 is 0 Å². The van der Waals surface area contributed by atoms with Gasteiger partial charge in [-0.25, -0.2) is 8.78 Å². The van der Waals surface area contributed by atoms with Crippen molar-refractivity contribution in [2.24, 2.45) is 5.73 Å². The van der Waals surface area contributed by atoms with E-state index in [9.17, 15) is 13.6 Å². The van der Waals surface area contributed by atoms with Gasteiger partial charge >= 0.3 is 0 Å². The second-order valence-electron chi connectivity index (χ2n) is 3.42. The molecule has 0 saturated heterocycles. The molecule has 88 valence electrons. The molecule has 0 aliphatic heterocycles. The Hall–Kier alpha value is -1.49. The molecule has 0 aromatic heterocycles. The summed E-state index contributed by atoms with van der Waals surface area (Å²) in [6, 6.07) is 2.93. The number of benzene rings is 1. The topological polar surface area (TPSA) is 55.1 Å². The van der Waals surface area contributed by atoms with Gasteiger partial charge in [0.1, 0.15) is 11.6 Å². The highest BCUT2D eigenvalue weighted by Gasteiger charge is 2.07. The minimum atomic E-state index is -0.645. The zero-order chi connectivity index (χ0) is 12.0. The van der Waals surface area contributed by atoms with Gasteiger partial charge in [-0.05, 0) is 31.5 Å². The van der Waals surface area contributed by atoms with E-state index in [2.05, 4.69) is 5.32 Å². The molecule has 0 radical (unpaired) electrons. The number of anilines is 1. The molecule has 3 nitrogen and oxygen atoms in total. The number of nitrogens with one attached hydrogen (secondary N) is 1. The van der Waals surface area contributed by atoms with Crippen LogP contribution in [0.25, 0.3) is 0 Å². The Morgan fingerprint density at radius 2 is 2.06 bits per heavy atom. The van der Waals surface area contributed by atoms with Crippen molar-refractivity contribution in [3.63, 3.8) is 0 Å². The second-order valence-corrected chi connectivity index (χ2v) is 3.42. The van der Waals surface area contributed by atoms with Crippen molar-refractivity contribution in [1.82, 2.24) is 0 Å². The molecular weight excluding hydrogens is 214 g/mol. The first-order valence-corrected chi connectivity index (χ1v) is 5.08. The maximum Gasteiger partial charge on any atom is 0.224 e. The van der Waals surface area contributed by atoms with E-state index in [0.29, 0.717) is 13.0 Å². The molecule has 0 saturated carbocycles. The van der Waals surface area contributed by atoms with Crippen LogP contribution in [0.2, 0.25) is 0 Å². The molecule has 1 aromatic rings. The Kier molecular flexibility index (Phi) is 4.85. The number of hydrogen-bond acceptors (Lipinski definition) is 2. The number of carbonyl (C=O) groups excluding carboxylic acids is 1. The molecule has 0 bridgehead atoms. The fourth-order valence-corrected chi connectivity index (χ4v) is 1.24. The molecule has 3 N–H and O–H groups in total. The summed E-state index contributed by atoms with van der Waals surface area (Å²) >= 11 is 0. The van der Waals surface area contributed by atoms with Gasteiger partial charge in [-0.2, -0.15) is 0 Å². The summed E-state index contributed by atoms with van der Waals surface area (Å²) in [6.45, 7) is 0.515. The summed E-state index contributed by atoms with van der Waals surface area (Å²) in [5, 5.41) is 2.32. The number of halogens is 2. The average molecular weight is 228 g/mol. The Morgan fingerprint density at radius 3 is 2.75 bits per heavy atom. The summed E-state index contributed by atoms with van der Waals surface area (Å²) in [6.07, 6.45) is 1.63. The van der Waals surface area contributed by atoms with Crippen LogP contribution >= 0.6 is 0 Å². The third-order valence-electron chi connectivity index (χ3n) is 2.06. The van der Waals surface area contributed by atoms with Gasteiger partial charge in [0.15, 0.2) is 0 Å². The lowest BCUT2D eigenvalue weighted by molar-refractivity contribution is -0.116. The smallest absolute Gasteiger partial charge is 0.224 e. The van der Waals surface area contributed by atoms with E-state index in [-0.39, 0.29) is 18.0 Å². The Bertz CT molecular complexity index is 369. The predicted molar refractivity (Wildman–Crippen MR) is 57.9 cm³/mol. The van der Waals surface area contributed by atoms with Gasteiger partial charge in [-0.3, -0.25) is 4.79 Å². The van der Waals surface area contributed by atoms with Crippen LogP contribution < -0.4 is 11.1 Å².